The standard InChI is InChI=1S/C24H30Cl2N6O2S/c25-18-11-19(26)13-20(12-18)35(33,34)30-15-17-7-5-16(6-8-17)14-29-24-31-22-4-2-1-3-21(22)23(32-24)28-10-9-27/h1-4,11-13,16-17,30H,5-10,14-15,27H2,(H2,28,29,31,32). The quantitative estimate of drug-likeness (QED) is 0.300. The Morgan fingerprint density at radius 3 is 2.26 bits per heavy atom. The van der Waals surface area contributed by atoms with Crippen LogP contribution in [0, 0.1) is 11.8 Å². The van der Waals surface area contributed by atoms with Gasteiger partial charge in [0.1, 0.15) is 5.82 Å². The van der Waals surface area contributed by atoms with Crippen molar-refractivity contribution in [3.8, 4) is 0 Å². The Kier molecular flexibility index (Phi) is 8.67. The number of benzene rings is 2. The molecule has 4 rings (SSSR count). The molecule has 0 radical (unpaired) electrons. The summed E-state index contributed by atoms with van der Waals surface area (Å²) < 4.78 is 28.0. The van der Waals surface area contributed by atoms with Crippen LogP contribution in [-0.4, -0.2) is 44.6 Å². The predicted molar refractivity (Wildman–Crippen MR) is 143 cm³/mol. The fraction of sp³-hybridized carbons (Fsp3) is 0.417. The third kappa shape index (κ3) is 6.95. The van der Waals surface area contributed by atoms with Crippen molar-refractivity contribution in [1.29, 1.82) is 0 Å². The zero-order valence-electron chi connectivity index (χ0n) is 19.3. The van der Waals surface area contributed by atoms with Gasteiger partial charge in [-0.1, -0.05) is 35.3 Å². The summed E-state index contributed by atoms with van der Waals surface area (Å²) in [6, 6.07) is 12.2. The number of halogens is 2. The Morgan fingerprint density at radius 1 is 0.914 bits per heavy atom. The molecule has 11 heteroatoms. The molecule has 1 aliphatic carbocycles. The van der Waals surface area contributed by atoms with Gasteiger partial charge >= 0.3 is 0 Å². The zero-order valence-corrected chi connectivity index (χ0v) is 21.6. The average molecular weight is 538 g/mol. The minimum atomic E-state index is -3.65. The predicted octanol–water partition coefficient (Wildman–Crippen LogP) is 4.50. The van der Waals surface area contributed by atoms with Gasteiger partial charge in [0.2, 0.25) is 16.0 Å². The summed E-state index contributed by atoms with van der Waals surface area (Å²) in [5.74, 6) is 2.14. The Bertz CT molecular complexity index is 1250. The molecule has 1 aliphatic rings. The van der Waals surface area contributed by atoms with Crippen LogP contribution < -0.4 is 21.1 Å². The molecule has 0 amide bonds. The van der Waals surface area contributed by atoms with Crippen molar-refractivity contribution in [2.45, 2.75) is 30.6 Å². The van der Waals surface area contributed by atoms with Gasteiger partial charge in [-0.15, -0.1) is 0 Å². The van der Waals surface area contributed by atoms with Gasteiger partial charge in [-0.25, -0.2) is 18.1 Å². The Morgan fingerprint density at radius 2 is 1.57 bits per heavy atom. The summed E-state index contributed by atoms with van der Waals surface area (Å²) in [7, 11) is -3.65. The molecule has 0 unspecified atom stereocenters. The Labute approximate surface area is 216 Å². The second-order valence-corrected chi connectivity index (χ2v) is 11.5. The van der Waals surface area contributed by atoms with Crippen LogP contribution in [0.15, 0.2) is 47.4 Å². The van der Waals surface area contributed by atoms with E-state index in [1.807, 2.05) is 24.3 Å². The van der Waals surface area contributed by atoms with Gasteiger partial charge in [0.05, 0.1) is 10.4 Å². The van der Waals surface area contributed by atoms with Crippen molar-refractivity contribution in [3.05, 3.63) is 52.5 Å². The molecule has 0 aliphatic heterocycles. The van der Waals surface area contributed by atoms with E-state index >= 15 is 0 Å². The molecule has 0 spiro atoms. The molecule has 8 nitrogen and oxygen atoms in total. The Balaban J connectivity index is 1.28. The highest BCUT2D eigenvalue weighted by Gasteiger charge is 2.24. The van der Waals surface area contributed by atoms with E-state index in [1.54, 1.807) is 0 Å². The van der Waals surface area contributed by atoms with Gasteiger partial charge in [0, 0.05) is 41.6 Å². The summed E-state index contributed by atoms with van der Waals surface area (Å²) in [5, 5.41) is 8.23. The monoisotopic (exact) mass is 536 g/mol. The third-order valence-electron chi connectivity index (χ3n) is 6.26. The van der Waals surface area contributed by atoms with Gasteiger partial charge < -0.3 is 16.4 Å². The zero-order chi connectivity index (χ0) is 24.8. The molecule has 1 saturated carbocycles. The number of fused-ring (bicyclic) bond motifs is 1. The number of nitrogens with two attached hydrogens (primary N) is 1. The maximum atomic E-state index is 12.6. The lowest BCUT2D eigenvalue weighted by molar-refractivity contribution is 0.284. The molecule has 188 valence electrons. The normalized spacial score (nSPS) is 18.5. The van der Waals surface area contributed by atoms with Gasteiger partial charge in [-0.2, -0.15) is 4.98 Å². The second-order valence-electron chi connectivity index (χ2n) is 8.85. The van der Waals surface area contributed by atoms with E-state index in [2.05, 4.69) is 25.3 Å². The number of anilines is 2. The first-order chi connectivity index (χ1) is 16.8. The highest BCUT2D eigenvalue weighted by atomic mass is 35.5. The van der Waals surface area contributed by atoms with Crippen LogP contribution in [0.4, 0.5) is 11.8 Å². The molecule has 35 heavy (non-hydrogen) atoms. The van der Waals surface area contributed by atoms with E-state index in [4.69, 9.17) is 28.9 Å². The minimum Gasteiger partial charge on any atom is -0.368 e. The third-order valence-corrected chi connectivity index (χ3v) is 8.10. The van der Waals surface area contributed by atoms with Crippen LogP contribution in [0.1, 0.15) is 25.7 Å². The first-order valence-corrected chi connectivity index (χ1v) is 14.0. The summed E-state index contributed by atoms with van der Waals surface area (Å²) in [5.41, 5.74) is 6.52. The molecule has 5 N–H and O–H groups in total. The van der Waals surface area contributed by atoms with Crippen molar-refractivity contribution in [2.75, 3.05) is 36.8 Å². The first kappa shape index (κ1) is 25.9. The lowest BCUT2D eigenvalue weighted by Crippen LogP contribution is -2.32. The van der Waals surface area contributed by atoms with Crippen LogP contribution in [0.3, 0.4) is 0 Å². The maximum Gasteiger partial charge on any atom is 0.240 e. The average Bonchev–Trinajstić information content (AvgIpc) is 2.85. The van der Waals surface area contributed by atoms with Gasteiger partial charge in [-0.3, -0.25) is 0 Å². The molecule has 1 aromatic heterocycles. The lowest BCUT2D eigenvalue weighted by atomic mass is 9.82. The lowest BCUT2D eigenvalue weighted by Gasteiger charge is -2.28. The number of para-hydroxylation sites is 1. The summed E-state index contributed by atoms with van der Waals surface area (Å²) in [4.78, 5) is 9.39. The number of aromatic nitrogens is 2. The molecular weight excluding hydrogens is 507 g/mol. The molecule has 1 heterocycles. The Hall–Kier alpha value is -2.17. The van der Waals surface area contributed by atoms with E-state index in [9.17, 15) is 8.42 Å². The first-order valence-electron chi connectivity index (χ1n) is 11.7. The number of hydrogen-bond acceptors (Lipinski definition) is 7. The maximum absolute atomic E-state index is 12.6. The molecule has 1 fully saturated rings. The molecule has 2 aromatic carbocycles. The summed E-state index contributed by atoms with van der Waals surface area (Å²) in [6.07, 6.45) is 3.92. The number of nitrogens with one attached hydrogen (secondary N) is 3. The summed E-state index contributed by atoms with van der Waals surface area (Å²) >= 11 is 11.9. The highest BCUT2D eigenvalue weighted by Crippen LogP contribution is 2.30. The SMILES string of the molecule is NCCNc1nc(NCC2CCC(CNS(=O)(=O)c3cc(Cl)cc(Cl)c3)CC2)nc2ccccc12. The van der Waals surface area contributed by atoms with E-state index in [1.165, 1.54) is 18.2 Å². The fourth-order valence-electron chi connectivity index (χ4n) is 4.35. The number of rotatable bonds is 10. The number of nitrogens with zero attached hydrogens (tertiary/aromatic N) is 2. The molecular formula is C24H30Cl2N6O2S. The second kappa shape index (κ2) is 11.7. The topological polar surface area (TPSA) is 122 Å². The van der Waals surface area contributed by atoms with E-state index < -0.39 is 10.0 Å². The number of hydrogen-bond donors (Lipinski definition) is 4. The van der Waals surface area contributed by atoms with E-state index in [0.717, 1.165) is 48.9 Å². The van der Waals surface area contributed by atoms with Crippen LogP contribution in [0.2, 0.25) is 10.0 Å². The molecule has 0 atom stereocenters. The highest BCUT2D eigenvalue weighted by molar-refractivity contribution is 7.89. The van der Waals surface area contributed by atoms with E-state index in [-0.39, 0.29) is 4.90 Å². The molecule has 0 saturated heterocycles. The molecule has 3 aromatic rings. The van der Waals surface area contributed by atoms with Crippen LogP contribution in [-0.2, 0) is 10.0 Å². The minimum absolute atomic E-state index is 0.0867. The fourth-order valence-corrected chi connectivity index (χ4v) is 6.19. The van der Waals surface area contributed by atoms with Crippen molar-refractivity contribution in [3.63, 3.8) is 0 Å². The van der Waals surface area contributed by atoms with Crippen LogP contribution >= 0.6 is 23.2 Å². The largest absolute Gasteiger partial charge is 0.368 e. The van der Waals surface area contributed by atoms with Gasteiger partial charge in [-0.05, 0) is 67.9 Å². The van der Waals surface area contributed by atoms with Crippen molar-refractivity contribution >= 4 is 55.9 Å². The van der Waals surface area contributed by atoms with E-state index in [0.29, 0.717) is 47.5 Å². The number of sulfonamides is 1. The summed E-state index contributed by atoms with van der Waals surface area (Å²) in [6.45, 7) is 2.33. The van der Waals surface area contributed by atoms with Crippen LogP contribution in [0.5, 0.6) is 0 Å². The smallest absolute Gasteiger partial charge is 0.240 e. The van der Waals surface area contributed by atoms with Gasteiger partial charge in [0.25, 0.3) is 0 Å². The van der Waals surface area contributed by atoms with Crippen molar-refractivity contribution in [2.24, 2.45) is 17.6 Å². The van der Waals surface area contributed by atoms with Gasteiger partial charge in [0.15, 0.2) is 0 Å². The van der Waals surface area contributed by atoms with Crippen LogP contribution in [0.25, 0.3) is 10.9 Å². The molecule has 0 bridgehead atoms. The van der Waals surface area contributed by atoms with Crippen molar-refractivity contribution in [1.82, 2.24) is 14.7 Å². The van der Waals surface area contributed by atoms with Crippen molar-refractivity contribution < 1.29 is 8.42 Å².